The molecule has 1 unspecified atom stereocenters. The van der Waals surface area contributed by atoms with E-state index in [1.54, 1.807) is 31.9 Å². The number of methoxy groups -OCH3 is 1. The van der Waals surface area contributed by atoms with Crippen LogP contribution in [0.1, 0.15) is 18.1 Å². The molecule has 2 aromatic rings. The molecule has 1 atom stereocenters. The van der Waals surface area contributed by atoms with Crippen molar-refractivity contribution in [2.45, 2.75) is 22.2 Å². The van der Waals surface area contributed by atoms with Crippen molar-refractivity contribution in [3.63, 3.8) is 0 Å². The van der Waals surface area contributed by atoms with Crippen molar-refractivity contribution in [2.24, 2.45) is 0 Å². The molecule has 4 rings (SSSR count). The summed E-state index contributed by atoms with van der Waals surface area (Å²) in [6.45, 7) is 5.11. The number of carbonyl (C=O) groups is 1. The van der Waals surface area contributed by atoms with Crippen molar-refractivity contribution in [1.82, 2.24) is 0 Å². The topological polar surface area (TPSA) is 81.9 Å². The number of likely N-dealkylation sites (N-methyl/N-ethyl adjacent to an activating group) is 1. The normalized spacial score (nSPS) is 18.5. The van der Waals surface area contributed by atoms with Gasteiger partial charge in [-0.3, -0.25) is 0 Å². The molecule has 0 amide bonds. The van der Waals surface area contributed by atoms with Gasteiger partial charge in [0.25, 0.3) is 0 Å². The Labute approximate surface area is 190 Å². The Morgan fingerprint density at radius 2 is 2.13 bits per heavy atom. The number of nitro benzene ring substituents is 1. The second kappa shape index (κ2) is 8.07. The molecule has 0 aliphatic carbocycles. The van der Waals surface area contributed by atoms with Crippen LogP contribution in [-0.2, 0) is 16.1 Å². The third-order valence-electron chi connectivity index (χ3n) is 5.07. The number of hydrogen-bond donors (Lipinski definition) is 0. The molecule has 0 N–H and O–H groups in total. The van der Waals surface area contributed by atoms with E-state index in [1.807, 2.05) is 25.3 Å². The molecule has 2 aliphatic heterocycles. The van der Waals surface area contributed by atoms with Gasteiger partial charge in [-0.05, 0) is 0 Å². The fourth-order valence-electron chi connectivity index (χ4n) is 3.40. The molecular formula is C22H20N2O5SSe. The standard InChI is InChI=1S/C22H20N2O5SSe/c1-13(2)21(25)29-12-15-10-16(24(26)27)9-14-7-8-22(30-20(14)15)23(3)18-11-17(28-4)5-6-19(18)31-22/h5-11H,1,12H2,2-4H3. The Balaban J connectivity index is 1.72. The summed E-state index contributed by atoms with van der Waals surface area (Å²) in [7, 11) is 3.69. The maximum atomic E-state index is 11.9. The van der Waals surface area contributed by atoms with Gasteiger partial charge < -0.3 is 0 Å². The number of anilines is 1. The van der Waals surface area contributed by atoms with Gasteiger partial charge >= 0.3 is 191 Å². The molecule has 0 saturated carbocycles. The van der Waals surface area contributed by atoms with Crippen LogP contribution in [0.15, 0.2) is 53.5 Å². The van der Waals surface area contributed by atoms with E-state index in [0.29, 0.717) is 5.56 Å². The summed E-state index contributed by atoms with van der Waals surface area (Å²) in [6.07, 6.45) is 4.05. The SMILES string of the molecule is C=C(C)C(=O)OCc1cc([N+](=O)[O-])cc2c1SC1(C=C2)[Se]c2ccc(OC)cc2N1C. The predicted octanol–water partition coefficient (Wildman–Crippen LogP) is 3.47. The molecule has 7 nitrogen and oxygen atoms in total. The van der Waals surface area contributed by atoms with Crippen LogP contribution in [0.25, 0.3) is 6.08 Å². The van der Waals surface area contributed by atoms with Crippen molar-refractivity contribution < 1.29 is 19.2 Å². The predicted molar refractivity (Wildman–Crippen MR) is 122 cm³/mol. The molecule has 2 heterocycles. The van der Waals surface area contributed by atoms with E-state index in [9.17, 15) is 14.9 Å². The molecule has 160 valence electrons. The molecule has 0 radical (unpaired) electrons. The van der Waals surface area contributed by atoms with Gasteiger partial charge in [-0.15, -0.1) is 0 Å². The van der Waals surface area contributed by atoms with Crippen LogP contribution in [0.2, 0.25) is 0 Å². The van der Waals surface area contributed by atoms with Crippen molar-refractivity contribution in [3.05, 3.63) is 69.8 Å². The zero-order valence-corrected chi connectivity index (χ0v) is 19.7. The van der Waals surface area contributed by atoms with Gasteiger partial charge in [0.15, 0.2) is 0 Å². The van der Waals surface area contributed by atoms with E-state index in [0.717, 1.165) is 21.9 Å². The molecular weight excluding hydrogens is 483 g/mol. The number of non-ortho nitro benzene ring substituents is 1. The molecule has 0 aromatic heterocycles. The average molecular weight is 503 g/mol. The second-order valence-corrected chi connectivity index (χ2v) is 11.7. The molecule has 2 aliphatic rings. The van der Waals surface area contributed by atoms with Crippen LogP contribution in [0, 0.1) is 10.1 Å². The van der Waals surface area contributed by atoms with Gasteiger partial charge in [0, 0.05) is 0 Å². The van der Waals surface area contributed by atoms with E-state index < -0.39 is 10.9 Å². The fraction of sp³-hybridized carbons (Fsp3) is 0.227. The summed E-state index contributed by atoms with van der Waals surface area (Å²) >= 11 is 1.72. The summed E-state index contributed by atoms with van der Waals surface area (Å²) in [5, 5.41) is 11.4. The van der Waals surface area contributed by atoms with E-state index in [-0.39, 0.29) is 36.6 Å². The summed E-state index contributed by atoms with van der Waals surface area (Å²) in [5.74, 6) is 0.277. The van der Waals surface area contributed by atoms with Crippen LogP contribution < -0.4 is 14.1 Å². The number of nitrogens with zero attached hydrogens (tertiary/aromatic N) is 2. The molecule has 9 heteroatoms. The number of thioether (sulfide) groups is 1. The van der Waals surface area contributed by atoms with Gasteiger partial charge in [0.1, 0.15) is 0 Å². The Hall–Kier alpha value is -2.74. The molecule has 0 saturated heterocycles. The molecule has 31 heavy (non-hydrogen) atoms. The van der Waals surface area contributed by atoms with Gasteiger partial charge in [0.2, 0.25) is 0 Å². The van der Waals surface area contributed by atoms with Gasteiger partial charge in [0.05, 0.1) is 0 Å². The van der Waals surface area contributed by atoms with Crippen LogP contribution >= 0.6 is 11.8 Å². The number of rotatable bonds is 5. The summed E-state index contributed by atoms with van der Waals surface area (Å²) in [4.78, 5) is 26.0. The summed E-state index contributed by atoms with van der Waals surface area (Å²) < 4.78 is 11.7. The van der Waals surface area contributed by atoms with E-state index in [2.05, 4.69) is 23.6 Å². The van der Waals surface area contributed by atoms with Crippen LogP contribution in [0.5, 0.6) is 5.75 Å². The van der Waals surface area contributed by atoms with E-state index in [1.165, 1.54) is 10.5 Å². The molecule has 1 spiro atoms. The maximum absolute atomic E-state index is 11.9. The average Bonchev–Trinajstić information content (AvgIpc) is 3.02. The number of carbonyl (C=O) groups excluding carboxylic acids is 1. The van der Waals surface area contributed by atoms with Crippen molar-refractivity contribution in [3.8, 4) is 5.75 Å². The first-order valence-corrected chi connectivity index (χ1v) is 11.9. The number of benzene rings is 2. The van der Waals surface area contributed by atoms with Crippen LogP contribution in [0.3, 0.4) is 0 Å². The quantitative estimate of drug-likeness (QED) is 0.203. The molecule has 2 aromatic carbocycles. The van der Waals surface area contributed by atoms with Crippen molar-refractivity contribution in [2.75, 3.05) is 19.1 Å². The van der Waals surface area contributed by atoms with E-state index in [4.69, 9.17) is 9.47 Å². The van der Waals surface area contributed by atoms with E-state index >= 15 is 0 Å². The minimum absolute atomic E-state index is 0.0281. The number of fused-ring (bicyclic) bond motifs is 2. The number of esters is 1. The minimum atomic E-state index is -0.520. The zero-order valence-electron chi connectivity index (χ0n) is 17.2. The number of hydrogen-bond acceptors (Lipinski definition) is 7. The number of ether oxygens (including phenoxy) is 2. The number of nitro groups is 1. The Kier molecular flexibility index (Phi) is 5.59. The van der Waals surface area contributed by atoms with Crippen LogP contribution in [-0.4, -0.2) is 43.8 Å². The van der Waals surface area contributed by atoms with Gasteiger partial charge in [-0.1, -0.05) is 0 Å². The fourth-order valence-corrected chi connectivity index (χ4v) is 8.21. The zero-order chi connectivity index (χ0) is 22.3. The monoisotopic (exact) mass is 504 g/mol. The first kappa shape index (κ1) is 21.5. The van der Waals surface area contributed by atoms with Gasteiger partial charge in [-0.25, -0.2) is 0 Å². The van der Waals surface area contributed by atoms with Crippen LogP contribution in [0.4, 0.5) is 11.4 Å². The van der Waals surface area contributed by atoms with Crippen molar-refractivity contribution in [1.29, 1.82) is 0 Å². The summed E-state index contributed by atoms with van der Waals surface area (Å²) in [5.41, 5.74) is 2.73. The second-order valence-electron chi connectivity index (χ2n) is 7.20. The third kappa shape index (κ3) is 3.84. The summed E-state index contributed by atoms with van der Waals surface area (Å²) in [6, 6.07) is 9.14. The first-order chi connectivity index (χ1) is 14.7. The third-order valence-corrected chi connectivity index (χ3v) is 10.1. The molecule has 0 bridgehead atoms. The van der Waals surface area contributed by atoms with Crippen molar-refractivity contribution >= 4 is 54.6 Å². The Bertz CT molecular complexity index is 1150. The molecule has 0 fully saturated rings. The van der Waals surface area contributed by atoms with Gasteiger partial charge in [-0.2, -0.15) is 0 Å². The first-order valence-electron chi connectivity index (χ1n) is 9.37. The Morgan fingerprint density at radius 1 is 1.35 bits per heavy atom. The Morgan fingerprint density at radius 3 is 2.81 bits per heavy atom.